The lowest BCUT2D eigenvalue weighted by Crippen LogP contribution is -2.11. The Morgan fingerprint density at radius 1 is 0.821 bits per heavy atom. The summed E-state index contributed by atoms with van der Waals surface area (Å²) in [5.74, 6) is 0. The lowest BCUT2D eigenvalue weighted by atomic mass is 10.1. The van der Waals surface area contributed by atoms with Crippen molar-refractivity contribution < 1.29 is 0 Å². The van der Waals surface area contributed by atoms with Gasteiger partial charge in [-0.15, -0.1) is 0 Å². The fraction of sp³-hybridized carbons (Fsp3) is 0. The SMILES string of the molecule is O=c1[nH]c2ccccc2nc1/C=C/c1ccc(-n2cnc3ccccc32)cc1. The summed E-state index contributed by atoms with van der Waals surface area (Å²) in [6, 6.07) is 23.6. The topological polar surface area (TPSA) is 63.6 Å². The quantitative estimate of drug-likeness (QED) is 0.515. The van der Waals surface area contributed by atoms with Crippen LogP contribution >= 0.6 is 0 Å². The molecule has 0 amide bonds. The van der Waals surface area contributed by atoms with Crippen LogP contribution in [0.2, 0.25) is 0 Å². The average Bonchev–Trinajstić information content (AvgIpc) is 3.17. The highest BCUT2D eigenvalue weighted by Crippen LogP contribution is 2.19. The molecule has 0 saturated heterocycles. The Balaban J connectivity index is 1.45. The van der Waals surface area contributed by atoms with E-state index in [-0.39, 0.29) is 5.56 Å². The Morgan fingerprint density at radius 3 is 2.43 bits per heavy atom. The molecule has 3 aromatic carbocycles. The van der Waals surface area contributed by atoms with E-state index in [9.17, 15) is 4.79 Å². The Bertz CT molecular complexity index is 1380. The van der Waals surface area contributed by atoms with Crippen molar-refractivity contribution in [1.29, 1.82) is 0 Å². The van der Waals surface area contributed by atoms with Crippen LogP contribution in [0.25, 0.3) is 39.9 Å². The normalized spacial score (nSPS) is 11.6. The predicted molar refractivity (Wildman–Crippen MR) is 112 cm³/mol. The Kier molecular flexibility index (Phi) is 3.84. The molecule has 2 aromatic heterocycles. The first-order valence-electron chi connectivity index (χ1n) is 8.98. The smallest absolute Gasteiger partial charge is 0.274 e. The number of hydrogen-bond acceptors (Lipinski definition) is 3. The zero-order valence-electron chi connectivity index (χ0n) is 14.9. The van der Waals surface area contributed by atoms with Gasteiger partial charge in [-0.05, 0) is 48.0 Å². The number of H-pyrrole nitrogens is 1. The van der Waals surface area contributed by atoms with Crippen molar-refractivity contribution in [1.82, 2.24) is 19.5 Å². The number of aromatic nitrogens is 4. The van der Waals surface area contributed by atoms with Gasteiger partial charge in [0.15, 0.2) is 0 Å². The highest BCUT2D eigenvalue weighted by atomic mass is 16.1. The average molecular weight is 364 g/mol. The molecule has 0 atom stereocenters. The number of rotatable bonds is 3. The van der Waals surface area contributed by atoms with Gasteiger partial charge in [0.2, 0.25) is 0 Å². The number of aromatic amines is 1. The van der Waals surface area contributed by atoms with Crippen molar-refractivity contribution >= 4 is 34.2 Å². The summed E-state index contributed by atoms with van der Waals surface area (Å²) in [5.41, 5.74) is 5.76. The maximum atomic E-state index is 12.2. The maximum Gasteiger partial charge on any atom is 0.274 e. The number of imidazole rings is 1. The van der Waals surface area contributed by atoms with Crippen LogP contribution < -0.4 is 5.56 Å². The van der Waals surface area contributed by atoms with Gasteiger partial charge in [0.05, 0.1) is 22.1 Å². The molecular weight excluding hydrogens is 348 g/mol. The molecular formula is C23H16N4O. The second-order valence-corrected chi connectivity index (χ2v) is 6.50. The molecule has 0 fully saturated rings. The van der Waals surface area contributed by atoms with Crippen LogP contribution in [0, 0.1) is 0 Å². The van der Waals surface area contributed by atoms with Crippen molar-refractivity contribution in [3.8, 4) is 5.69 Å². The molecule has 1 N–H and O–H groups in total. The van der Waals surface area contributed by atoms with Gasteiger partial charge < -0.3 is 4.98 Å². The molecule has 5 heteroatoms. The summed E-state index contributed by atoms with van der Waals surface area (Å²) >= 11 is 0. The minimum absolute atomic E-state index is 0.198. The number of benzene rings is 3. The van der Waals surface area contributed by atoms with Gasteiger partial charge in [0, 0.05) is 5.69 Å². The van der Waals surface area contributed by atoms with Crippen LogP contribution in [0.4, 0.5) is 0 Å². The lowest BCUT2D eigenvalue weighted by Gasteiger charge is -2.04. The molecule has 0 spiro atoms. The zero-order chi connectivity index (χ0) is 18.9. The fourth-order valence-corrected chi connectivity index (χ4v) is 3.24. The van der Waals surface area contributed by atoms with Crippen molar-refractivity contribution in [2.75, 3.05) is 0 Å². The van der Waals surface area contributed by atoms with E-state index in [2.05, 4.69) is 19.5 Å². The number of fused-ring (bicyclic) bond motifs is 2. The molecule has 5 nitrogen and oxygen atoms in total. The highest BCUT2D eigenvalue weighted by Gasteiger charge is 2.04. The van der Waals surface area contributed by atoms with E-state index in [0.717, 1.165) is 33.3 Å². The summed E-state index contributed by atoms with van der Waals surface area (Å²) in [6.45, 7) is 0. The van der Waals surface area contributed by atoms with Crippen LogP contribution in [0.5, 0.6) is 0 Å². The van der Waals surface area contributed by atoms with Crippen molar-refractivity contribution in [2.45, 2.75) is 0 Å². The minimum atomic E-state index is -0.198. The Morgan fingerprint density at radius 2 is 1.57 bits per heavy atom. The van der Waals surface area contributed by atoms with E-state index in [0.29, 0.717) is 5.69 Å². The second-order valence-electron chi connectivity index (χ2n) is 6.50. The van der Waals surface area contributed by atoms with Crippen LogP contribution in [0.1, 0.15) is 11.3 Å². The number of nitrogens with zero attached hydrogens (tertiary/aromatic N) is 3. The van der Waals surface area contributed by atoms with Gasteiger partial charge >= 0.3 is 0 Å². The van der Waals surface area contributed by atoms with E-state index < -0.39 is 0 Å². The summed E-state index contributed by atoms with van der Waals surface area (Å²) in [5, 5.41) is 0. The lowest BCUT2D eigenvalue weighted by molar-refractivity contribution is 1.09. The van der Waals surface area contributed by atoms with Crippen LogP contribution in [0.15, 0.2) is 83.9 Å². The maximum absolute atomic E-state index is 12.2. The highest BCUT2D eigenvalue weighted by molar-refractivity contribution is 5.78. The number of para-hydroxylation sites is 4. The van der Waals surface area contributed by atoms with Crippen LogP contribution in [0.3, 0.4) is 0 Å². The van der Waals surface area contributed by atoms with E-state index >= 15 is 0 Å². The first kappa shape index (κ1) is 16.2. The minimum Gasteiger partial charge on any atom is -0.319 e. The number of nitrogens with one attached hydrogen (secondary N) is 1. The third-order valence-electron chi connectivity index (χ3n) is 4.68. The summed E-state index contributed by atoms with van der Waals surface area (Å²) in [4.78, 5) is 23.9. The number of hydrogen-bond donors (Lipinski definition) is 1. The van der Waals surface area contributed by atoms with Crippen molar-refractivity contribution in [2.24, 2.45) is 0 Å². The molecule has 0 saturated carbocycles. The largest absolute Gasteiger partial charge is 0.319 e. The standard InChI is InChI=1S/C23H16N4O/c28-23-21(25-18-5-1-2-6-19(18)26-23)14-11-16-9-12-17(13-10-16)27-15-24-20-7-3-4-8-22(20)27/h1-15H,(H,26,28)/b14-11+. The Hall–Kier alpha value is -3.99. The van der Waals surface area contributed by atoms with Gasteiger partial charge in [-0.25, -0.2) is 9.97 Å². The molecule has 0 aliphatic heterocycles. The zero-order valence-corrected chi connectivity index (χ0v) is 14.9. The van der Waals surface area contributed by atoms with Crippen molar-refractivity contribution in [3.05, 3.63) is 101 Å². The molecule has 0 aliphatic carbocycles. The molecule has 0 bridgehead atoms. The third-order valence-corrected chi connectivity index (χ3v) is 4.68. The monoisotopic (exact) mass is 364 g/mol. The molecule has 5 rings (SSSR count). The van der Waals surface area contributed by atoms with E-state index in [1.165, 1.54) is 0 Å². The van der Waals surface area contributed by atoms with Gasteiger partial charge in [-0.2, -0.15) is 0 Å². The van der Waals surface area contributed by atoms with Crippen LogP contribution in [-0.2, 0) is 0 Å². The Labute approximate surface area is 160 Å². The fourth-order valence-electron chi connectivity index (χ4n) is 3.24. The molecule has 28 heavy (non-hydrogen) atoms. The van der Waals surface area contributed by atoms with Gasteiger partial charge in [0.1, 0.15) is 12.0 Å². The van der Waals surface area contributed by atoms with E-state index in [1.54, 1.807) is 6.08 Å². The molecule has 0 aliphatic rings. The van der Waals surface area contributed by atoms with Gasteiger partial charge in [-0.3, -0.25) is 9.36 Å². The predicted octanol–water partition coefficient (Wildman–Crippen LogP) is 4.43. The summed E-state index contributed by atoms with van der Waals surface area (Å²) in [6.07, 6.45) is 5.46. The molecule has 134 valence electrons. The molecule has 0 radical (unpaired) electrons. The summed E-state index contributed by atoms with van der Waals surface area (Å²) in [7, 11) is 0. The molecule has 0 unspecified atom stereocenters. The van der Waals surface area contributed by atoms with Crippen molar-refractivity contribution in [3.63, 3.8) is 0 Å². The second kappa shape index (κ2) is 6.63. The summed E-state index contributed by atoms with van der Waals surface area (Å²) < 4.78 is 2.05. The van der Waals surface area contributed by atoms with Gasteiger partial charge in [-0.1, -0.05) is 42.5 Å². The molecule has 5 aromatic rings. The van der Waals surface area contributed by atoms with E-state index in [1.807, 2.05) is 85.2 Å². The first-order chi connectivity index (χ1) is 13.8. The third kappa shape index (κ3) is 2.89. The van der Waals surface area contributed by atoms with E-state index in [4.69, 9.17) is 0 Å². The van der Waals surface area contributed by atoms with Crippen LogP contribution in [-0.4, -0.2) is 19.5 Å². The first-order valence-corrected chi connectivity index (χ1v) is 8.98. The van der Waals surface area contributed by atoms with Gasteiger partial charge in [0.25, 0.3) is 5.56 Å². The molecule has 2 heterocycles.